The number of para-hydroxylation sites is 1. The summed E-state index contributed by atoms with van der Waals surface area (Å²) in [7, 11) is 0. The highest BCUT2D eigenvalue weighted by Gasteiger charge is 2.20. The first-order valence-corrected chi connectivity index (χ1v) is 6.07. The van der Waals surface area contributed by atoms with E-state index in [0.717, 1.165) is 5.22 Å². The molecule has 0 fully saturated rings. The van der Waals surface area contributed by atoms with Gasteiger partial charge in [0.2, 0.25) is 5.84 Å². The number of carbonyl (C=O) groups excluding carboxylic acids is 1. The zero-order valence-corrected chi connectivity index (χ0v) is 11.3. The Morgan fingerprint density at radius 2 is 1.95 bits per heavy atom. The number of aliphatic imine (C=N–C) groups is 1. The average Bonchev–Trinajstić information content (AvgIpc) is 2.27. The molecule has 0 radical (unpaired) electrons. The van der Waals surface area contributed by atoms with E-state index in [1.165, 1.54) is 0 Å². The summed E-state index contributed by atoms with van der Waals surface area (Å²) in [5.41, 5.74) is -0.563. The Bertz CT molecular complexity index is 664. The maximum Gasteiger partial charge on any atom is 0.376 e. The number of rotatable bonds is 1. The van der Waals surface area contributed by atoms with Crippen LogP contribution in [0, 0.1) is 0 Å². The van der Waals surface area contributed by atoms with E-state index in [1.54, 1.807) is 12.3 Å². The molecule has 0 aromatic heterocycles. The van der Waals surface area contributed by atoms with Gasteiger partial charge < -0.3 is 4.74 Å². The summed E-state index contributed by atoms with van der Waals surface area (Å²) < 4.78 is 5.28. The zero-order chi connectivity index (χ0) is 13.9. The number of allylic oxidation sites excluding steroid dienone is 1. The van der Waals surface area contributed by atoms with E-state index in [-0.39, 0.29) is 5.84 Å². The standard InChI is InChI=1S/C15H16N2O2/c1-15(2,3)19-14(18)13-16-10-6-8-11-7-4-5-9-12(11)17-13/h4-10H,1-3H3. The van der Waals surface area contributed by atoms with Crippen molar-refractivity contribution in [2.45, 2.75) is 26.4 Å². The summed E-state index contributed by atoms with van der Waals surface area (Å²) >= 11 is 0. The van der Waals surface area contributed by atoms with Gasteiger partial charge in [0, 0.05) is 11.4 Å². The molecule has 98 valence electrons. The summed E-state index contributed by atoms with van der Waals surface area (Å²) in [5.74, 6) is -0.458. The zero-order valence-electron chi connectivity index (χ0n) is 11.3. The van der Waals surface area contributed by atoms with Gasteiger partial charge in [-0.25, -0.2) is 14.8 Å². The van der Waals surface area contributed by atoms with Crippen LogP contribution in [0.15, 0.2) is 46.5 Å². The third-order valence-corrected chi connectivity index (χ3v) is 2.30. The number of hydrogen-bond donors (Lipinski definition) is 0. The topological polar surface area (TPSA) is 51.0 Å². The number of ether oxygens (including phenoxy) is 1. The van der Waals surface area contributed by atoms with Gasteiger partial charge in [0.05, 0.1) is 5.36 Å². The Kier molecular flexibility index (Phi) is 3.60. The maximum absolute atomic E-state index is 12.0. The number of nitrogens with zero attached hydrogens (tertiary/aromatic N) is 2. The summed E-state index contributed by atoms with van der Waals surface area (Å²) in [6, 6.07) is 7.56. The molecule has 1 heterocycles. The summed E-state index contributed by atoms with van der Waals surface area (Å²) in [6.45, 7) is 5.43. The highest BCUT2D eigenvalue weighted by atomic mass is 16.6. The molecule has 4 nitrogen and oxygen atoms in total. The van der Waals surface area contributed by atoms with E-state index in [9.17, 15) is 4.79 Å². The average molecular weight is 256 g/mol. The molecule has 0 saturated carbocycles. The third-order valence-electron chi connectivity index (χ3n) is 2.30. The lowest BCUT2D eigenvalue weighted by molar-refractivity contribution is -0.146. The number of fused-ring (bicyclic) bond motifs is 1. The number of hydrogen-bond acceptors (Lipinski definition) is 4. The van der Waals surface area contributed by atoms with Crippen molar-refractivity contribution >= 4 is 17.9 Å². The lowest BCUT2D eigenvalue weighted by Crippen LogP contribution is -2.32. The van der Waals surface area contributed by atoms with E-state index < -0.39 is 11.6 Å². The van der Waals surface area contributed by atoms with E-state index in [2.05, 4.69) is 9.98 Å². The molecule has 1 aromatic rings. The fraction of sp³-hybridized carbons (Fsp3) is 0.267. The fourth-order valence-corrected chi connectivity index (χ4v) is 1.56. The molecule has 0 aliphatic carbocycles. The van der Waals surface area contributed by atoms with Crippen LogP contribution in [0.25, 0.3) is 6.08 Å². The monoisotopic (exact) mass is 256 g/mol. The molecule has 0 amide bonds. The Labute approximate surface area is 111 Å². The second-order valence-electron chi connectivity index (χ2n) is 5.13. The van der Waals surface area contributed by atoms with Crippen molar-refractivity contribution in [3.63, 3.8) is 0 Å². The van der Waals surface area contributed by atoms with Crippen molar-refractivity contribution in [2.75, 3.05) is 0 Å². The van der Waals surface area contributed by atoms with Crippen LogP contribution in [0.1, 0.15) is 20.8 Å². The number of amidine groups is 1. The number of esters is 1. The molecule has 0 unspecified atom stereocenters. The highest BCUT2D eigenvalue weighted by molar-refractivity contribution is 6.36. The van der Waals surface area contributed by atoms with Gasteiger partial charge in [0.15, 0.2) is 0 Å². The van der Waals surface area contributed by atoms with E-state index >= 15 is 0 Å². The van der Waals surface area contributed by atoms with Gasteiger partial charge in [0.1, 0.15) is 5.60 Å². The van der Waals surface area contributed by atoms with E-state index in [4.69, 9.17) is 4.74 Å². The Hall–Kier alpha value is -2.23. The van der Waals surface area contributed by atoms with Crippen molar-refractivity contribution in [3.05, 3.63) is 47.1 Å². The quantitative estimate of drug-likeness (QED) is 0.712. The summed E-state index contributed by atoms with van der Waals surface area (Å²) in [6.07, 6.45) is 5.21. The fourth-order valence-electron chi connectivity index (χ4n) is 1.56. The van der Waals surface area contributed by atoms with Crippen LogP contribution in [0.3, 0.4) is 0 Å². The molecule has 0 saturated heterocycles. The lowest BCUT2D eigenvalue weighted by atomic mass is 10.2. The Morgan fingerprint density at radius 3 is 2.68 bits per heavy atom. The first-order valence-electron chi connectivity index (χ1n) is 6.07. The van der Waals surface area contributed by atoms with Gasteiger partial charge in [-0.3, -0.25) is 0 Å². The van der Waals surface area contributed by atoms with Gasteiger partial charge in [-0.2, -0.15) is 0 Å². The first-order chi connectivity index (χ1) is 8.96. The molecule has 1 aliphatic rings. The number of benzene rings is 1. The van der Waals surface area contributed by atoms with E-state index in [0.29, 0.717) is 5.36 Å². The highest BCUT2D eigenvalue weighted by Crippen LogP contribution is 2.08. The second kappa shape index (κ2) is 5.18. The van der Waals surface area contributed by atoms with Gasteiger partial charge in [-0.05, 0) is 32.9 Å². The predicted molar refractivity (Wildman–Crippen MR) is 74.1 cm³/mol. The van der Waals surface area contributed by atoms with Crippen LogP contribution in [0.5, 0.6) is 0 Å². The van der Waals surface area contributed by atoms with Crippen LogP contribution < -0.4 is 10.6 Å². The predicted octanol–water partition coefficient (Wildman–Crippen LogP) is 1.35. The van der Waals surface area contributed by atoms with Crippen molar-refractivity contribution in [3.8, 4) is 0 Å². The van der Waals surface area contributed by atoms with Crippen LogP contribution in [-0.2, 0) is 9.53 Å². The molecule has 4 heteroatoms. The minimum Gasteiger partial charge on any atom is -0.454 e. The molecular formula is C15H16N2O2. The molecule has 1 aromatic carbocycles. The lowest BCUT2D eigenvalue weighted by Gasteiger charge is -2.18. The Balaban J connectivity index is 2.44. The molecular weight excluding hydrogens is 240 g/mol. The second-order valence-corrected chi connectivity index (χ2v) is 5.13. The smallest absolute Gasteiger partial charge is 0.376 e. The van der Waals surface area contributed by atoms with Crippen LogP contribution in [0.4, 0.5) is 0 Å². The SMILES string of the molecule is CC(C)(C)OC(=O)C1=NC=CC=c2ccccc2=N1. The first kappa shape index (κ1) is 13.2. The minimum absolute atomic E-state index is 0.0618. The molecule has 0 bridgehead atoms. The third kappa shape index (κ3) is 3.61. The largest absolute Gasteiger partial charge is 0.454 e. The van der Waals surface area contributed by atoms with Crippen molar-refractivity contribution in [1.29, 1.82) is 0 Å². The van der Waals surface area contributed by atoms with Crippen LogP contribution in [0.2, 0.25) is 0 Å². The summed E-state index contributed by atoms with van der Waals surface area (Å²) in [4.78, 5) is 20.3. The molecule has 1 aliphatic heterocycles. The molecule has 0 spiro atoms. The van der Waals surface area contributed by atoms with Gasteiger partial charge in [-0.15, -0.1) is 0 Å². The van der Waals surface area contributed by atoms with Crippen molar-refractivity contribution < 1.29 is 9.53 Å². The normalized spacial score (nSPS) is 14.2. The van der Waals surface area contributed by atoms with Crippen LogP contribution >= 0.6 is 0 Å². The Morgan fingerprint density at radius 1 is 1.21 bits per heavy atom. The van der Waals surface area contributed by atoms with E-state index in [1.807, 2.05) is 51.1 Å². The molecule has 0 N–H and O–H groups in total. The van der Waals surface area contributed by atoms with Crippen molar-refractivity contribution in [2.24, 2.45) is 9.98 Å². The maximum atomic E-state index is 12.0. The molecule has 0 atom stereocenters. The van der Waals surface area contributed by atoms with Crippen molar-refractivity contribution in [1.82, 2.24) is 0 Å². The minimum atomic E-state index is -0.563. The number of carbonyl (C=O) groups is 1. The van der Waals surface area contributed by atoms with Gasteiger partial charge >= 0.3 is 5.97 Å². The molecule has 2 rings (SSSR count). The molecule has 19 heavy (non-hydrogen) atoms. The summed E-state index contributed by atoms with van der Waals surface area (Å²) in [5, 5.41) is 1.64. The van der Waals surface area contributed by atoms with Gasteiger partial charge in [0.25, 0.3) is 0 Å². The van der Waals surface area contributed by atoms with Crippen LogP contribution in [-0.4, -0.2) is 17.4 Å². The van der Waals surface area contributed by atoms with Gasteiger partial charge in [-0.1, -0.05) is 24.3 Å².